The zero-order valence-corrected chi connectivity index (χ0v) is 9.72. The second-order valence-electron chi connectivity index (χ2n) is 3.41. The molecule has 0 unspecified atom stereocenters. The first-order valence-electron chi connectivity index (χ1n) is 4.88. The highest BCUT2D eigenvalue weighted by Crippen LogP contribution is 2.36. The minimum atomic E-state index is -4.74. The number of carbonyl (C=O) groups excluding carboxylic acids is 1. The Balaban J connectivity index is 2.41. The van der Waals surface area contributed by atoms with Crippen molar-refractivity contribution in [2.24, 2.45) is 0 Å². The van der Waals surface area contributed by atoms with Gasteiger partial charge in [0.25, 0.3) is 0 Å². The molecule has 0 saturated heterocycles. The van der Waals surface area contributed by atoms with Gasteiger partial charge in [0.1, 0.15) is 5.75 Å². The molecule has 0 aliphatic carbocycles. The highest BCUT2D eigenvalue weighted by atomic mass is 32.1. The molecular formula is C12H7F3O2S. The summed E-state index contributed by atoms with van der Waals surface area (Å²) >= 11 is 1.19. The highest BCUT2D eigenvalue weighted by Gasteiger charge is 2.32. The van der Waals surface area contributed by atoms with E-state index in [4.69, 9.17) is 0 Å². The SMILES string of the molecule is O=Cc1csc(-c2ccccc2OC(F)(F)F)c1. The predicted molar refractivity (Wildman–Crippen MR) is 61.8 cm³/mol. The van der Waals surface area contributed by atoms with Crippen LogP contribution in [-0.2, 0) is 0 Å². The molecule has 0 aliphatic rings. The molecule has 18 heavy (non-hydrogen) atoms. The zero-order chi connectivity index (χ0) is 13.2. The van der Waals surface area contributed by atoms with Crippen LogP contribution in [0.5, 0.6) is 5.75 Å². The fourth-order valence-electron chi connectivity index (χ4n) is 1.44. The molecule has 94 valence electrons. The fraction of sp³-hybridized carbons (Fsp3) is 0.0833. The standard InChI is InChI=1S/C12H7F3O2S/c13-12(14,15)17-10-4-2-1-3-9(10)11-5-8(6-16)7-18-11/h1-7H. The van der Waals surface area contributed by atoms with Crippen molar-refractivity contribution < 1.29 is 22.7 Å². The third-order valence-corrected chi connectivity index (χ3v) is 3.12. The first-order chi connectivity index (χ1) is 8.49. The Hall–Kier alpha value is -1.82. The Bertz CT molecular complexity index is 560. The minimum absolute atomic E-state index is 0.274. The molecule has 2 nitrogen and oxygen atoms in total. The third kappa shape index (κ3) is 2.89. The van der Waals surface area contributed by atoms with Crippen LogP contribution in [0.15, 0.2) is 35.7 Å². The molecule has 0 bridgehead atoms. The molecule has 0 fully saturated rings. The van der Waals surface area contributed by atoms with Gasteiger partial charge in [-0.2, -0.15) is 0 Å². The molecular weight excluding hydrogens is 265 g/mol. The van der Waals surface area contributed by atoms with Crippen molar-refractivity contribution in [3.63, 3.8) is 0 Å². The van der Waals surface area contributed by atoms with Crippen LogP contribution in [0.2, 0.25) is 0 Å². The van der Waals surface area contributed by atoms with Gasteiger partial charge in [0.05, 0.1) is 0 Å². The van der Waals surface area contributed by atoms with Gasteiger partial charge in [-0.3, -0.25) is 4.79 Å². The molecule has 0 saturated carbocycles. The molecule has 0 N–H and O–H groups in total. The quantitative estimate of drug-likeness (QED) is 0.785. The van der Waals surface area contributed by atoms with E-state index in [-0.39, 0.29) is 5.75 Å². The van der Waals surface area contributed by atoms with Crippen molar-refractivity contribution in [3.8, 4) is 16.2 Å². The smallest absolute Gasteiger partial charge is 0.405 e. The van der Waals surface area contributed by atoms with Gasteiger partial charge >= 0.3 is 6.36 Å². The van der Waals surface area contributed by atoms with Crippen molar-refractivity contribution in [3.05, 3.63) is 41.3 Å². The highest BCUT2D eigenvalue weighted by molar-refractivity contribution is 7.13. The Morgan fingerprint density at radius 3 is 2.56 bits per heavy atom. The van der Waals surface area contributed by atoms with Gasteiger partial charge in [0, 0.05) is 21.4 Å². The number of benzene rings is 1. The number of halogens is 3. The van der Waals surface area contributed by atoms with Crippen LogP contribution in [-0.4, -0.2) is 12.6 Å². The summed E-state index contributed by atoms with van der Waals surface area (Å²) < 4.78 is 40.6. The molecule has 0 amide bonds. The van der Waals surface area contributed by atoms with Crippen LogP contribution < -0.4 is 4.74 Å². The number of ether oxygens (including phenoxy) is 1. The number of aldehydes is 1. The molecule has 1 aromatic heterocycles. The molecule has 1 aromatic carbocycles. The second-order valence-corrected chi connectivity index (χ2v) is 4.32. The molecule has 0 spiro atoms. The molecule has 6 heteroatoms. The van der Waals surface area contributed by atoms with Gasteiger partial charge < -0.3 is 4.74 Å². The van der Waals surface area contributed by atoms with Gasteiger partial charge in [0.15, 0.2) is 6.29 Å². The number of hydrogen-bond acceptors (Lipinski definition) is 3. The summed E-state index contributed by atoms with van der Waals surface area (Å²) in [6.07, 6.45) is -4.09. The van der Waals surface area contributed by atoms with E-state index in [1.807, 2.05) is 0 Å². The van der Waals surface area contributed by atoms with Crippen LogP contribution in [0.1, 0.15) is 10.4 Å². The van der Waals surface area contributed by atoms with Gasteiger partial charge in [-0.1, -0.05) is 12.1 Å². The maximum Gasteiger partial charge on any atom is 0.573 e. The first kappa shape index (κ1) is 12.6. The van der Waals surface area contributed by atoms with E-state index in [9.17, 15) is 18.0 Å². The van der Waals surface area contributed by atoms with Crippen LogP contribution in [0.4, 0.5) is 13.2 Å². The number of alkyl halides is 3. The van der Waals surface area contributed by atoms with E-state index in [1.165, 1.54) is 35.6 Å². The van der Waals surface area contributed by atoms with Crippen LogP contribution in [0, 0.1) is 0 Å². The molecule has 1 heterocycles. The maximum atomic E-state index is 12.2. The third-order valence-electron chi connectivity index (χ3n) is 2.13. The summed E-state index contributed by atoms with van der Waals surface area (Å²) in [5.41, 5.74) is 0.740. The van der Waals surface area contributed by atoms with E-state index in [0.29, 0.717) is 22.3 Å². The van der Waals surface area contributed by atoms with Crippen LogP contribution in [0.3, 0.4) is 0 Å². The Morgan fingerprint density at radius 2 is 1.94 bits per heavy atom. The Morgan fingerprint density at radius 1 is 1.22 bits per heavy atom. The summed E-state index contributed by atoms with van der Waals surface area (Å²) in [5.74, 6) is -0.274. The predicted octanol–water partition coefficient (Wildman–Crippen LogP) is 4.13. The van der Waals surface area contributed by atoms with Crippen molar-refractivity contribution in [2.45, 2.75) is 6.36 Å². The molecule has 0 atom stereocenters. The fourth-order valence-corrected chi connectivity index (χ4v) is 2.32. The van der Waals surface area contributed by atoms with E-state index in [1.54, 1.807) is 11.4 Å². The van der Waals surface area contributed by atoms with Crippen molar-refractivity contribution >= 4 is 17.6 Å². The average Bonchev–Trinajstić information content (AvgIpc) is 2.76. The minimum Gasteiger partial charge on any atom is -0.405 e. The van der Waals surface area contributed by atoms with Crippen molar-refractivity contribution in [1.82, 2.24) is 0 Å². The van der Waals surface area contributed by atoms with E-state index < -0.39 is 6.36 Å². The number of hydrogen-bond donors (Lipinski definition) is 0. The summed E-state index contributed by atoms with van der Waals surface area (Å²) in [4.78, 5) is 11.1. The van der Waals surface area contributed by atoms with Crippen molar-refractivity contribution in [2.75, 3.05) is 0 Å². The van der Waals surface area contributed by atoms with E-state index >= 15 is 0 Å². The van der Waals surface area contributed by atoms with Crippen molar-refractivity contribution in [1.29, 1.82) is 0 Å². The topological polar surface area (TPSA) is 26.3 Å². The van der Waals surface area contributed by atoms with Gasteiger partial charge in [0.2, 0.25) is 0 Å². The lowest BCUT2D eigenvalue weighted by atomic mass is 10.1. The number of rotatable bonds is 3. The van der Waals surface area contributed by atoms with Gasteiger partial charge in [-0.25, -0.2) is 0 Å². The lowest BCUT2D eigenvalue weighted by Gasteiger charge is -2.11. The number of thiophene rings is 1. The van der Waals surface area contributed by atoms with E-state index in [2.05, 4.69) is 4.74 Å². The summed E-state index contributed by atoms with van der Waals surface area (Å²) in [6, 6.07) is 7.35. The van der Waals surface area contributed by atoms with Gasteiger partial charge in [-0.15, -0.1) is 24.5 Å². The van der Waals surface area contributed by atoms with E-state index in [0.717, 1.165) is 0 Å². The average molecular weight is 272 g/mol. The van der Waals surface area contributed by atoms with Gasteiger partial charge in [-0.05, 0) is 18.2 Å². The summed E-state index contributed by atoms with van der Waals surface area (Å²) in [7, 11) is 0. The molecule has 0 aliphatic heterocycles. The lowest BCUT2D eigenvalue weighted by Crippen LogP contribution is -2.17. The normalized spacial score (nSPS) is 11.3. The number of para-hydroxylation sites is 1. The zero-order valence-electron chi connectivity index (χ0n) is 8.90. The number of carbonyl (C=O) groups is 1. The Labute approximate surface area is 105 Å². The van der Waals surface area contributed by atoms with Crippen LogP contribution in [0.25, 0.3) is 10.4 Å². The summed E-state index contributed by atoms with van der Waals surface area (Å²) in [6.45, 7) is 0. The molecule has 2 rings (SSSR count). The Kier molecular flexibility index (Phi) is 3.38. The van der Waals surface area contributed by atoms with Crippen LogP contribution >= 0.6 is 11.3 Å². The second kappa shape index (κ2) is 4.81. The molecule has 0 radical (unpaired) electrons. The lowest BCUT2D eigenvalue weighted by molar-refractivity contribution is -0.274. The summed E-state index contributed by atoms with van der Waals surface area (Å²) in [5, 5.41) is 1.58. The first-order valence-corrected chi connectivity index (χ1v) is 5.76. The maximum absolute atomic E-state index is 12.2. The monoisotopic (exact) mass is 272 g/mol. The molecule has 2 aromatic rings. The largest absolute Gasteiger partial charge is 0.573 e.